The molecule has 2 N–H and O–H groups in total. The molecule has 0 radical (unpaired) electrons. The number of fused-ring (bicyclic) bond motifs is 5. The second-order valence-electron chi connectivity index (χ2n) is 10.9. The third-order valence-corrected chi connectivity index (χ3v) is 9.84. The van der Waals surface area contributed by atoms with E-state index < -0.39 is 0 Å². The molecule has 1 saturated heterocycles. The van der Waals surface area contributed by atoms with Crippen LogP contribution in [-0.2, 0) is 4.74 Å². The molecule has 0 aromatic heterocycles. The van der Waals surface area contributed by atoms with Gasteiger partial charge in [0.1, 0.15) is 0 Å². The molecular weight excluding hydrogens is 336 g/mol. The highest BCUT2D eigenvalue weighted by Crippen LogP contribution is 2.67. The lowest BCUT2D eigenvalue weighted by atomic mass is 9.46. The van der Waals surface area contributed by atoms with Crippen LogP contribution in [0.1, 0.15) is 78.1 Å². The standard InChI is InChI=1S/C24H38O3/c1-23-10-8-16(25)13-15(23)14-20(26)22-18-7-6-17(21-5-3-4-12-27-21)24(18,2)11-9-19(22)23/h14,16-22,25-26H,3-13H2,1-2H3/t16-,17+,18?,19?,20?,21?,22?,23-,24+/m0/s1. The van der Waals surface area contributed by atoms with Crippen LogP contribution in [0.25, 0.3) is 0 Å². The van der Waals surface area contributed by atoms with Crippen LogP contribution in [0.3, 0.4) is 0 Å². The predicted octanol–water partition coefficient (Wildman–Crippen LogP) is 4.47. The van der Waals surface area contributed by atoms with Gasteiger partial charge in [-0.15, -0.1) is 0 Å². The molecule has 0 bridgehead atoms. The van der Waals surface area contributed by atoms with E-state index in [0.29, 0.717) is 35.2 Å². The minimum Gasteiger partial charge on any atom is -0.393 e. The second kappa shape index (κ2) is 6.57. The summed E-state index contributed by atoms with van der Waals surface area (Å²) >= 11 is 0. The first-order valence-electron chi connectivity index (χ1n) is 11.6. The summed E-state index contributed by atoms with van der Waals surface area (Å²) in [6.07, 6.45) is 13.8. The van der Waals surface area contributed by atoms with Gasteiger partial charge in [0.15, 0.2) is 0 Å². The average molecular weight is 375 g/mol. The number of aliphatic hydroxyl groups is 2. The van der Waals surface area contributed by atoms with Crippen molar-refractivity contribution in [1.29, 1.82) is 0 Å². The fourth-order valence-electron chi connectivity index (χ4n) is 8.36. The summed E-state index contributed by atoms with van der Waals surface area (Å²) in [6, 6.07) is 0. The lowest BCUT2D eigenvalue weighted by Crippen LogP contribution is -2.55. The second-order valence-corrected chi connectivity index (χ2v) is 10.9. The Hall–Kier alpha value is -0.380. The Balaban J connectivity index is 1.45. The molecule has 3 heteroatoms. The molecule has 27 heavy (non-hydrogen) atoms. The van der Waals surface area contributed by atoms with Gasteiger partial charge in [0.2, 0.25) is 0 Å². The molecule has 5 rings (SSSR count). The molecule has 1 aliphatic heterocycles. The van der Waals surface area contributed by atoms with Gasteiger partial charge >= 0.3 is 0 Å². The summed E-state index contributed by atoms with van der Waals surface area (Å²) < 4.78 is 6.25. The predicted molar refractivity (Wildman–Crippen MR) is 106 cm³/mol. The topological polar surface area (TPSA) is 49.7 Å². The zero-order chi connectivity index (χ0) is 18.8. The van der Waals surface area contributed by atoms with Crippen molar-refractivity contribution in [3.05, 3.63) is 11.6 Å². The highest BCUT2D eigenvalue weighted by Gasteiger charge is 2.61. The molecule has 152 valence electrons. The lowest BCUT2D eigenvalue weighted by molar-refractivity contribution is -0.118. The van der Waals surface area contributed by atoms with Crippen molar-refractivity contribution in [1.82, 2.24) is 0 Å². The molecule has 3 nitrogen and oxygen atoms in total. The first-order valence-corrected chi connectivity index (χ1v) is 11.6. The van der Waals surface area contributed by atoms with Gasteiger partial charge in [0.05, 0.1) is 18.3 Å². The number of ether oxygens (including phenoxy) is 1. The first kappa shape index (κ1) is 18.6. The zero-order valence-electron chi connectivity index (χ0n) is 17.2. The van der Waals surface area contributed by atoms with E-state index in [-0.39, 0.29) is 17.6 Å². The quantitative estimate of drug-likeness (QED) is 0.666. The van der Waals surface area contributed by atoms with E-state index >= 15 is 0 Å². The Morgan fingerprint density at radius 3 is 2.52 bits per heavy atom. The van der Waals surface area contributed by atoms with Crippen LogP contribution >= 0.6 is 0 Å². The molecule has 0 aromatic rings. The lowest BCUT2D eigenvalue weighted by Gasteiger charge is -2.59. The van der Waals surface area contributed by atoms with Crippen molar-refractivity contribution in [2.24, 2.45) is 34.5 Å². The summed E-state index contributed by atoms with van der Waals surface area (Å²) in [5.41, 5.74) is 1.88. The number of aliphatic hydroxyl groups excluding tert-OH is 2. The van der Waals surface area contributed by atoms with Crippen molar-refractivity contribution in [2.45, 2.75) is 96.4 Å². The SMILES string of the molecule is C[C@]12CC[C@H](O)CC1=CC(O)C1C2CC[C@@]2(C)C1CC[C@@H]2C1CCCCO1. The monoisotopic (exact) mass is 374 g/mol. The normalized spacial score (nSPS) is 55.3. The van der Waals surface area contributed by atoms with Crippen molar-refractivity contribution in [3.8, 4) is 0 Å². The van der Waals surface area contributed by atoms with Crippen LogP contribution in [0.2, 0.25) is 0 Å². The highest BCUT2D eigenvalue weighted by molar-refractivity contribution is 5.28. The summed E-state index contributed by atoms with van der Waals surface area (Å²) in [7, 11) is 0. The van der Waals surface area contributed by atoms with Gasteiger partial charge in [-0.2, -0.15) is 0 Å². The molecule has 5 unspecified atom stereocenters. The minimum absolute atomic E-state index is 0.198. The van der Waals surface area contributed by atoms with Gasteiger partial charge in [0, 0.05) is 6.61 Å². The van der Waals surface area contributed by atoms with E-state index in [4.69, 9.17) is 4.74 Å². The van der Waals surface area contributed by atoms with Crippen LogP contribution < -0.4 is 0 Å². The van der Waals surface area contributed by atoms with Gasteiger partial charge in [-0.05, 0) is 98.7 Å². The highest BCUT2D eigenvalue weighted by atomic mass is 16.5. The van der Waals surface area contributed by atoms with E-state index in [9.17, 15) is 10.2 Å². The van der Waals surface area contributed by atoms with Crippen LogP contribution in [0, 0.1) is 34.5 Å². The van der Waals surface area contributed by atoms with Crippen LogP contribution in [0.5, 0.6) is 0 Å². The summed E-state index contributed by atoms with van der Waals surface area (Å²) in [6.45, 7) is 5.92. The number of hydrogen-bond donors (Lipinski definition) is 2. The van der Waals surface area contributed by atoms with Gasteiger partial charge < -0.3 is 14.9 Å². The molecule has 4 aliphatic carbocycles. The number of rotatable bonds is 1. The van der Waals surface area contributed by atoms with E-state index in [1.165, 1.54) is 50.5 Å². The first-order chi connectivity index (χ1) is 12.9. The summed E-state index contributed by atoms with van der Waals surface area (Å²) in [5.74, 6) is 2.30. The Kier molecular flexibility index (Phi) is 4.53. The van der Waals surface area contributed by atoms with Gasteiger partial charge in [-0.1, -0.05) is 25.5 Å². The van der Waals surface area contributed by atoms with Gasteiger partial charge in [0.25, 0.3) is 0 Å². The molecular formula is C24H38O3. The molecule has 4 fully saturated rings. The molecule has 0 spiro atoms. The third kappa shape index (κ3) is 2.71. The average Bonchev–Trinajstić information content (AvgIpc) is 3.01. The van der Waals surface area contributed by atoms with E-state index in [2.05, 4.69) is 19.9 Å². The fraction of sp³-hybridized carbons (Fsp3) is 0.917. The molecule has 0 aromatic carbocycles. The molecule has 5 aliphatic rings. The van der Waals surface area contributed by atoms with Crippen molar-refractivity contribution in [2.75, 3.05) is 6.61 Å². The van der Waals surface area contributed by atoms with Crippen molar-refractivity contribution in [3.63, 3.8) is 0 Å². The molecule has 1 heterocycles. The maximum atomic E-state index is 11.2. The smallest absolute Gasteiger partial charge is 0.0757 e. The Morgan fingerprint density at radius 1 is 0.926 bits per heavy atom. The molecule has 9 atom stereocenters. The minimum atomic E-state index is -0.320. The van der Waals surface area contributed by atoms with E-state index in [1.54, 1.807) is 0 Å². The molecule has 0 amide bonds. The van der Waals surface area contributed by atoms with Crippen LogP contribution in [-0.4, -0.2) is 35.1 Å². The Labute approximate surface area is 164 Å². The van der Waals surface area contributed by atoms with Gasteiger partial charge in [-0.25, -0.2) is 0 Å². The largest absolute Gasteiger partial charge is 0.393 e. The van der Waals surface area contributed by atoms with Crippen molar-refractivity contribution >= 4 is 0 Å². The Bertz CT molecular complexity index is 609. The van der Waals surface area contributed by atoms with E-state index in [1.807, 2.05) is 0 Å². The fourth-order valence-corrected chi connectivity index (χ4v) is 8.36. The summed E-state index contributed by atoms with van der Waals surface area (Å²) in [4.78, 5) is 0. The van der Waals surface area contributed by atoms with Gasteiger partial charge in [-0.3, -0.25) is 0 Å². The molecule has 3 saturated carbocycles. The van der Waals surface area contributed by atoms with E-state index in [0.717, 1.165) is 25.9 Å². The van der Waals surface area contributed by atoms with Crippen molar-refractivity contribution < 1.29 is 14.9 Å². The Morgan fingerprint density at radius 2 is 1.74 bits per heavy atom. The van der Waals surface area contributed by atoms with Crippen LogP contribution in [0.4, 0.5) is 0 Å². The maximum absolute atomic E-state index is 11.2. The maximum Gasteiger partial charge on any atom is 0.0757 e. The zero-order valence-corrected chi connectivity index (χ0v) is 17.2. The summed E-state index contributed by atoms with van der Waals surface area (Å²) in [5, 5.41) is 21.4. The van der Waals surface area contributed by atoms with Crippen LogP contribution in [0.15, 0.2) is 11.6 Å². The third-order valence-electron chi connectivity index (χ3n) is 9.84. The number of hydrogen-bond acceptors (Lipinski definition) is 3.